The molecule has 0 aliphatic rings. The SMILES string of the molecule is [2H]C([2H])(c1sc2ccnc(-c3cccc4c3oc3nc(C)ccc34)c2c1C)C(C)(C)C. The zero-order valence-electron chi connectivity index (χ0n) is 19.3. The highest BCUT2D eigenvalue weighted by atomic mass is 32.1. The van der Waals surface area contributed by atoms with Crippen LogP contribution in [0.5, 0.6) is 0 Å². The Labute approximate surface area is 177 Å². The number of benzene rings is 1. The highest BCUT2D eigenvalue weighted by Gasteiger charge is 2.21. The number of aryl methyl sites for hydroxylation is 2. The Hall–Kier alpha value is -2.72. The van der Waals surface area contributed by atoms with Crippen LogP contribution < -0.4 is 0 Å². The molecule has 4 aromatic heterocycles. The minimum atomic E-state index is -1.45. The molecule has 29 heavy (non-hydrogen) atoms. The van der Waals surface area contributed by atoms with Crippen molar-refractivity contribution in [2.24, 2.45) is 5.41 Å². The molecular formula is C25H24N2OS. The molecule has 0 atom stereocenters. The molecule has 0 aliphatic carbocycles. The minimum Gasteiger partial charge on any atom is -0.437 e. The van der Waals surface area contributed by atoms with Crippen LogP contribution in [0.1, 0.15) is 39.6 Å². The molecule has 3 nitrogen and oxygen atoms in total. The van der Waals surface area contributed by atoms with E-state index in [-0.39, 0.29) is 0 Å². The maximum Gasteiger partial charge on any atom is 0.227 e. The standard InChI is InChI=1S/C25H24N2OS/c1-14-9-10-17-16-7-6-8-18(23(16)28-24(17)27-14)22-21-15(2)20(13-25(3,4)5)29-19(21)11-12-26-22/h6-12H,13H2,1-5H3/i13D2. The average Bonchev–Trinajstić information content (AvgIpc) is 3.24. The van der Waals surface area contributed by atoms with Crippen LogP contribution in [0.15, 0.2) is 47.0 Å². The van der Waals surface area contributed by atoms with Crippen molar-refractivity contribution in [2.75, 3.05) is 0 Å². The van der Waals surface area contributed by atoms with Crippen molar-refractivity contribution in [3.05, 3.63) is 58.7 Å². The van der Waals surface area contributed by atoms with E-state index in [9.17, 15) is 0 Å². The molecule has 5 rings (SSSR count). The van der Waals surface area contributed by atoms with E-state index >= 15 is 0 Å². The van der Waals surface area contributed by atoms with Crippen molar-refractivity contribution in [2.45, 2.75) is 41.0 Å². The number of hydrogen-bond acceptors (Lipinski definition) is 4. The van der Waals surface area contributed by atoms with Gasteiger partial charge in [-0.3, -0.25) is 4.98 Å². The predicted molar refractivity (Wildman–Crippen MR) is 123 cm³/mol. The number of para-hydroxylation sites is 1. The zero-order chi connectivity index (χ0) is 22.1. The summed E-state index contributed by atoms with van der Waals surface area (Å²) in [4.78, 5) is 10.1. The second kappa shape index (κ2) is 6.39. The van der Waals surface area contributed by atoms with Gasteiger partial charge in [0.1, 0.15) is 5.58 Å². The Kier molecular flexibility index (Phi) is 3.55. The molecule has 0 saturated heterocycles. The van der Waals surface area contributed by atoms with Crippen molar-refractivity contribution in [3.8, 4) is 11.3 Å². The largest absolute Gasteiger partial charge is 0.437 e. The summed E-state index contributed by atoms with van der Waals surface area (Å²) in [6.45, 7) is 9.79. The molecule has 0 spiro atoms. The highest BCUT2D eigenvalue weighted by Crippen LogP contribution is 2.42. The summed E-state index contributed by atoms with van der Waals surface area (Å²) in [6.07, 6.45) is 0.346. The summed E-state index contributed by atoms with van der Waals surface area (Å²) in [5.74, 6) is 0. The van der Waals surface area contributed by atoms with E-state index in [0.29, 0.717) is 5.71 Å². The van der Waals surface area contributed by atoms with E-state index < -0.39 is 11.8 Å². The van der Waals surface area contributed by atoms with Gasteiger partial charge in [-0.2, -0.15) is 0 Å². The van der Waals surface area contributed by atoms with Gasteiger partial charge in [0.2, 0.25) is 5.71 Å². The van der Waals surface area contributed by atoms with Crippen molar-refractivity contribution in [3.63, 3.8) is 0 Å². The Morgan fingerprint density at radius 3 is 2.69 bits per heavy atom. The van der Waals surface area contributed by atoms with Crippen molar-refractivity contribution >= 4 is 43.5 Å². The van der Waals surface area contributed by atoms with E-state index in [1.54, 1.807) is 6.20 Å². The van der Waals surface area contributed by atoms with Crippen molar-refractivity contribution in [1.82, 2.24) is 9.97 Å². The Morgan fingerprint density at radius 2 is 1.90 bits per heavy atom. The van der Waals surface area contributed by atoms with Gasteiger partial charge in [0, 0.05) is 45.9 Å². The molecule has 1 aromatic carbocycles. The van der Waals surface area contributed by atoms with E-state index in [1.807, 2.05) is 71.0 Å². The number of pyridine rings is 2. The van der Waals surface area contributed by atoms with E-state index in [2.05, 4.69) is 4.98 Å². The first kappa shape index (κ1) is 16.1. The van der Waals surface area contributed by atoms with Gasteiger partial charge in [0.05, 0.1) is 5.69 Å². The quantitative estimate of drug-likeness (QED) is 0.307. The second-order valence-electron chi connectivity index (χ2n) is 8.55. The maximum atomic E-state index is 8.82. The molecular weight excluding hydrogens is 376 g/mol. The molecule has 0 amide bonds. The van der Waals surface area contributed by atoms with Crippen LogP contribution in [-0.4, -0.2) is 9.97 Å². The molecule has 4 heteroatoms. The van der Waals surface area contributed by atoms with Crippen LogP contribution in [0, 0.1) is 19.3 Å². The summed E-state index contributed by atoms with van der Waals surface area (Å²) in [6, 6.07) is 12.1. The smallest absolute Gasteiger partial charge is 0.227 e. The molecule has 0 fully saturated rings. The van der Waals surface area contributed by atoms with Gasteiger partial charge in [0.25, 0.3) is 0 Å². The lowest BCUT2D eigenvalue weighted by atomic mass is 9.90. The van der Waals surface area contributed by atoms with Gasteiger partial charge in [0.15, 0.2) is 0 Å². The van der Waals surface area contributed by atoms with Crippen LogP contribution in [-0.2, 0) is 6.37 Å². The normalized spacial score (nSPS) is 14.0. The summed E-state index contributed by atoms with van der Waals surface area (Å²) >= 11 is 1.52. The lowest BCUT2D eigenvalue weighted by molar-refractivity contribution is 0.414. The first-order valence-corrected chi connectivity index (χ1v) is 10.6. The monoisotopic (exact) mass is 402 g/mol. The fourth-order valence-corrected chi connectivity index (χ4v) is 5.13. The van der Waals surface area contributed by atoms with E-state index in [4.69, 9.17) is 12.1 Å². The fraction of sp³-hybridized carbons (Fsp3) is 0.280. The number of nitrogens with zero attached hydrogens (tertiary/aromatic N) is 2. The molecule has 5 aromatic rings. The third-order valence-electron chi connectivity index (χ3n) is 5.09. The number of hydrogen-bond donors (Lipinski definition) is 0. The molecule has 0 bridgehead atoms. The first-order chi connectivity index (χ1) is 14.6. The summed E-state index contributed by atoms with van der Waals surface area (Å²) in [5, 5.41) is 2.99. The van der Waals surface area contributed by atoms with Crippen molar-refractivity contribution < 1.29 is 7.16 Å². The number of fused-ring (bicyclic) bond motifs is 4. The number of furan rings is 1. The number of aromatic nitrogens is 2. The molecule has 4 heterocycles. The maximum absolute atomic E-state index is 8.82. The first-order valence-electron chi connectivity index (χ1n) is 10.8. The summed E-state index contributed by atoms with van der Waals surface area (Å²) in [7, 11) is 0. The average molecular weight is 403 g/mol. The van der Waals surface area contributed by atoms with Crippen molar-refractivity contribution in [1.29, 1.82) is 0 Å². The predicted octanol–water partition coefficient (Wildman–Crippen LogP) is 7.46. The third-order valence-corrected chi connectivity index (χ3v) is 6.26. The highest BCUT2D eigenvalue weighted by molar-refractivity contribution is 7.19. The fourth-order valence-electron chi connectivity index (χ4n) is 3.81. The minimum absolute atomic E-state index is 0.519. The Morgan fingerprint density at radius 1 is 1.07 bits per heavy atom. The van der Waals surface area contributed by atoms with Crippen LogP contribution in [0.2, 0.25) is 0 Å². The molecule has 0 saturated carbocycles. The van der Waals surface area contributed by atoms with Gasteiger partial charge >= 0.3 is 0 Å². The lowest BCUT2D eigenvalue weighted by Gasteiger charge is -2.17. The van der Waals surface area contributed by atoms with Gasteiger partial charge in [-0.05, 0) is 55.5 Å². The topological polar surface area (TPSA) is 38.9 Å². The second-order valence-corrected chi connectivity index (χ2v) is 9.61. The van der Waals surface area contributed by atoms with E-state index in [0.717, 1.165) is 53.8 Å². The summed E-state index contributed by atoms with van der Waals surface area (Å²) < 4.78 is 24.9. The van der Waals surface area contributed by atoms with Crippen LogP contribution in [0.4, 0.5) is 0 Å². The molecule has 0 aliphatic heterocycles. The molecule has 0 radical (unpaired) electrons. The van der Waals surface area contributed by atoms with Gasteiger partial charge in [-0.25, -0.2) is 4.98 Å². The number of rotatable bonds is 2. The number of thiophene rings is 1. The summed E-state index contributed by atoms with van der Waals surface area (Å²) in [5.41, 5.74) is 4.46. The van der Waals surface area contributed by atoms with Crippen LogP contribution in [0.25, 0.3) is 43.4 Å². The van der Waals surface area contributed by atoms with Gasteiger partial charge in [-0.1, -0.05) is 32.9 Å². The molecule has 0 N–H and O–H groups in total. The zero-order valence-corrected chi connectivity index (χ0v) is 18.1. The Bertz CT molecular complexity index is 1470. The molecule has 146 valence electrons. The lowest BCUT2D eigenvalue weighted by Crippen LogP contribution is -2.08. The molecule has 0 unspecified atom stereocenters. The van der Waals surface area contributed by atoms with Gasteiger partial charge < -0.3 is 4.42 Å². The van der Waals surface area contributed by atoms with Gasteiger partial charge in [-0.15, -0.1) is 11.3 Å². The van der Waals surface area contributed by atoms with Crippen LogP contribution >= 0.6 is 11.3 Å². The van der Waals surface area contributed by atoms with Crippen LogP contribution in [0.3, 0.4) is 0 Å². The van der Waals surface area contributed by atoms with E-state index in [1.165, 1.54) is 11.3 Å². The third kappa shape index (κ3) is 3.03. The Balaban J connectivity index is 1.82.